The minimum atomic E-state index is 0.835. The Morgan fingerprint density at radius 1 is 1.28 bits per heavy atom. The van der Waals surface area contributed by atoms with Gasteiger partial charge in [-0.25, -0.2) is 9.97 Å². The fourth-order valence-corrected chi connectivity index (χ4v) is 2.68. The SMILES string of the molecule is CCNc1cc(N(C)CC2CCCCC2)ncn1. The molecular formula is C14H24N4. The van der Waals surface area contributed by atoms with Crippen LogP contribution in [0.3, 0.4) is 0 Å². The van der Waals surface area contributed by atoms with Gasteiger partial charge in [-0.15, -0.1) is 0 Å². The second-order valence-electron chi connectivity index (χ2n) is 5.18. The van der Waals surface area contributed by atoms with E-state index in [2.05, 4.69) is 34.2 Å². The van der Waals surface area contributed by atoms with Gasteiger partial charge in [0.2, 0.25) is 0 Å². The molecule has 0 unspecified atom stereocenters. The Balaban J connectivity index is 1.94. The van der Waals surface area contributed by atoms with E-state index in [1.165, 1.54) is 32.1 Å². The molecule has 18 heavy (non-hydrogen) atoms. The summed E-state index contributed by atoms with van der Waals surface area (Å²) < 4.78 is 0. The summed E-state index contributed by atoms with van der Waals surface area (Å²) in [6.07, 6.45) is 8.59. The summed E-state index contributed by atoms with van der Waals surface area (Å²) in [5.41, 5.74) is 0. The molecule has 1 aromatic rings. The van der Waals surface area contributed by atoms with E-state index >= 15 is 0 Å². The van der Waals surface area contributed by atoms with Crippen molar-refractivity contribution in [1.82, 2.24) is 9.97 Å². The van der Waals surface area contributed by atoms with E-state index in [9.17, 15) is 0 Å². The van der Waals surface area contributed by atoms with Crippen LogP contribution >= 0.6 is 0 Å². The molecule has 1 N–H and O–H groups in total. The molecule has 0 saturated heterocycles. The van der Waals surface area contributed by atoms with Crippen molar-refractivity contribution in [3.05, 3.63) is 12.4 Å². The zero-order valence-electron chi connectivity index (χ0n) is 11.5. The number of hydrogen-bond acceptors (Lipinski definition) is 4. The zero-order chi connectivity index (χ0) is 12.8. The van der Waals surface area contributed by atoms with Crippen molar-refractivity contribution in [3.8, 4) is 0 Å². The van der Waals surface area contributed by atoms with Crippen LogP contribution in [-0.2, 0) is 0 Å². The van der Waals surface area contributed by atoms with Crippen LogP contribution in [0, 0.1) is 5.92 Å². The standard InChI is InChI=1S/C14H24N4/c1-3-15-13-9-14(17-11-16-13)18(2)10-12-7-5-4-6-8-12/h9,11-12H,3-8,10H2,1-2H3,(H,15,16,17). The Labute approximate surface area is 110 Å². The molecule has 1 aromatic heterocycles. The highest BCUT2D eigenvalue weighted by molar-refractivity contribution is 5.47. The number of hydrogen-bond donors (Lipinski definition) is 1. The van der Waals surface area contributed by atoms with Crippen LogP contribution in [0.5, 0.6) is 0 Å². The Kier molecular flexibility index (Phi) is 4.79. The Morgan fingerprint density at radius 3 is 2.78 bits per heavy atom. The van der Waals surface area contributed by atoms with Gasteiger partial charge in [0.15, 0.2) is 0 Å². The maximum atomic E-state index is 4.36. The first-order valence-corrected chi connectivity index (χ1v) is 7.06. The van der Waals surface area contributed by atoms with Crippen molar-refractivity contribution in [2.75, 3.05) is 30.4 Å². The summed E-state index contributed by atoms with van der Waals surface area (Å²) >= 11 is 0. The highest BCUT2D eigenvalue weighted by Gasteiger charge is 2.16. The van der Waals surface area contributed by atoms with E-state index in [-0.39, 0.29) is 0 Å². The van der Waals surface area contributed by atoms with Crippen molar-refractivity contribution >= 4 is 11.6 Å². The van der Waals surface area contributed by atoms with Gasteiger partial charge in [0.1, 0.15) is 18.0 Å². The third kappa shape index (κ3) is 3.59. The summed E-state index contributed by atoms with van der Waals surface area (Å²) in [5.74, 6) is 2.77. The van der Waals surface area contributed by atoms with E-state index in [1.54, 1.807) is 6.33 Å². The molecule has 1 saturated carbocycles. The molecule has 4 nitrogen and oxygen atoms in total. The van der Waals surface area contributed by atoms with E-state index < -0.39 is 0 Å². The predicted molar refractivity (Wildman–Crippen MR) is 76.0 cm³/mol. The highest BCUT2D eigenvalue weighted by atomic mass is 15.2. The van der Waals surface area contributed by atoms with Crippen molar-refractivity contribution in [1.29, 1.82) is 0 Å². The third-order valence-corrected chi connectivity index (χ3v) is 3.66. The van der Waals surface area contributed by atoms with Gasteiger partial charge in [0.05, 0.1) is 0 Å². The van der Waals surface area contributed by atoms with Gasteiger partial charge in [-0.1, -0.05) is 19.3 Å². The van der Waals surface area contributed by atoms with E-state index in [4.69, 9.17) is 0 Å². The number of anilines is 2. The molecule has 0 aromatic carbocycles. The van der Waals surface area contributed by atoms with Gasteiger partial charge in [-0.05, 0) is 25.7 Å². The second-order valence-corrected chi connectivity index (χ2v) is 5.18. The van der Waals surface area contributed by atoms with Crippen LogP contribution in [0.2, 0.25) is 0 Å². The molecule has 2 rings (SSSR count). The van der Waals surface area contributed by atoms with Crippen LogP contribution in [0.15, 0.2) is 12.4 Å². The minimum Gasteiger partial charge on any atom is -0.370 e. The first kappa shape index (κ1) is 13.1. The zero-order valence-corrected chi connectivity index (χ0v) is 11.5. The topological polar surface area (TPSA) is 41.0 Å². The first-order chi connectivity index (χ1) is 8.79. The Bertz CT molecular complexity index is 361. The number of nitrogens with zero attached hydrogens (tertiary/aromatic N) is 3. The molecule has 1 heterocycles. The number of nitrogens with one attached hydrogen (secondary N) is 1. The number of rotatable bonds is 5. The van der Waals surface area contributed by atoms with Crippen LogP contribution in [0.4, 0.5) is 11.6 Å². The van der Waals surface area contributed by atoms with E-state index in [0.29, 0.717) is 0 Å². The average molecular weight is 248 g/mol. The summed E-state index contributed by atoms with van der Waals surface area (Å²) in [6.45, 7) is 4.08. The van der Waals surface area contributed by atoms with Gasteiger partial charge >= 0.3 is 0 Å². The Hall–Kier alpha value is -1.32. The maximum Gasteiger partial charge on any atom is 0.133 e. The van der Waals surface area contributed by atoms with Crippen LogP contribution < -0.4 is 10.2 Å². The molecule has 0 atom stereocenters. The van der Waals surface area contributed by atoms with Crippen LogP contribution in [0.1, 0.15) is 39.0 Å². The lowest BCUT2D eigenvalue weighted by Crippen LogP contribution is -2.27. The largest absolute Gasteiger partial charge is 0.370 e. The molecule has 0 radical (unpaired) electrons. The monoisotopic (exact) mass is 248 g/mol. The molecule has 1 aliphatic carbocycles. The molecule has 0 aliphatic heterocycles. The van der Waals surface area contributed by atoms with Crippen molar-refractivity contribution in [2.45, 2.75) is 39.0 Å². The molecule has 0 bridgehead atoms. The summed E-state index contributed by atoms with van der Waals surface area (Å²) in [7, 11) is 2.13. The fraction of sp³-hybridized carbons (Fsp3) is 0.714. The van der Waals surface area contributed by atoms with Gasteiger partial charge in [0, 0.05) is 26.2 Å². The minimum absolute atomic E-state index is 0.835. The average Bonchev–Trinajstić information content (AvgIpc) is 2.40. The highest BCUT2D eigenvalue weighted by Crippen LogP contribution is 2.25. The molecule has 4 heteroatoms. The van der Waals surface area contributed by atoms with Crippen molar-refractivity contribution < 1.29 is 0 Å². The quantitative estimate of drug-likeness (QED) is 0.870. The summed E-state index contributed by atoms with van der Waals surface area (Å²) in [6, 6.07) is 2.03. The van der Waals surface area contributed by atoms with Gasteiger partial charge in [0.25, 0.3) is 0 Å². The maximum absolute atomic E-state index is 4.36. The van der Waals surface area contributed by atoms with Crippen LogP contribution in [0.25, 0.3) is 0 Å². The van der Waals surface area contributed by atoms with Gasteiger partial charge in [-0.3, -0.25) is 0 Å². The molecular weight excluding hydrogens is 224 g/mol. The molecule has 0 amide bonds. The lowest BCUT2D eigenvalue weighted by atomic mass is 9.89. The third-order valence-electron chi connectivity index (χ3n) is 3.66. The fourth-order valence-electron chi connectivity index (χ4n) is 2.68. The van der Waals surface area contributed by atoms with Gasteiger partial charge in [-0.2, -0.15) is 0 Å². The first-order valence-electron chi connectivity index (χ1n) is 7.06. The summed E-state index contributed by atoms with van der Waals surface area (Å²) in [4.78, 5) is 10.8. The van der Waals surface area contributed by atoms with E-state index in [0.717, 1.165) is 30.6 Å². The van der Waals surface area contributed by atoms with Crippen molar-refractivity contribution in [3.63, 3.8) is 0 Å². The molecule has 1 aliphatic rings. The Morgan fingerprint density at radius 2 is 2.06 bits per heavy atom. The second kappa shape index (κ2) is 6.57. The van der Waals surface area contributed by atoms with Crippen molar-refractivity contribution in [2.24, 2.45) is 5.92 Å². The van der Waals surface area contributed by atoms with E-state index in [1.807, 2.05) is 6.07 Å². The lowest BCUT2D eigenvalue weighted by Gasteiger charge is -2.27. The lowest BCUT2D eigenvalue weighted by molar-refractivity contribution is 0.361. The normalized spacial score (nSPS) is 16.6. The predicted octanol–water partition coefficient (Wildman–Crippen LogP) is 2.92. The van der Waals surface area contributed by atoms with Crippen LogP contribution in [-0.4, -0.2) is 30.1 Å². The molecule has 0 spiro atoms. The summed E-state index contributed by atoms with van der Waals surface area (Å²) in [5, 5.41) is 3.23. The smallest absolute Gasteiger partial charge is 0.133 e. The molecule has 100 valence electrons. The molecule has 1 fully saturated rings. The number of aromatic nitrogens is 2. The van der Waals surface area contributed by atoms with Gasteiger partial charge < -0.3 is 10.2 Å².